The number of hydrogen-bond acceptors (Lipinski definition) is 3. The van der Waals surface area contributed by atoms with Gasteiger partial charge in [-0.25, -0.2) is 0 Å². The van der Waals surface area contributed by atoms with Crippen LogP contribution in [0, 0.1) is 5.41 Å². The molecular formula is C13H26N2O. The molecule has 0 aromatic carbocycles. The van der Waals surface area contributed by atoms with Crippen LogP contribution in [0.4, 0.5) is 0 Å². The largest absolute Gasteiger partial charge is 0.380 e. The molecule has 1 atom stereocenters. The summed E-state index contributed by atoms with van der Waals surface area (Å²) in [7, 11) is 0. The fourth-order valence-corrected chi connectivity index (χ4v) is 3.05. The molecule has 16 heavy (non-hydrogen) atoms. The van der Waals surface area contributed by atoms with Gasteiger partial charge in [-0.1, -0.05) is 12.8 Å². The lowest BCUT2D eigenvalue weighted by Gasteiger charge is -2.38. The lowest BCUT2D eigenvalue weighted by Crippen LogP contribution is -2.53. The standard InChI is InChI=1S/C13H26N2O/c1-12(5-4-8-16-11-12)15-10-13(9-14)6-2-3-7-13/h15H,2-11,14H2,1H3. The zero-order valence-corrected chi connectivity index (χ0v) is 10.6. The quantitative estimate of drug-likeness (QED) is 0.766. The molecule has 3 N–H and O–H groups in total. The van der Waals surface area contributed by atoms with Crippen molar-refractivity contribution in [1.82, 2.24) is 5.32 Å². The Morgan fingerprint density at radius 1 is 1.19 bits per heavy atom. The molecule has 1 saturated heterocycles. The molecule has 0 bridgehead atoms. The Morgan fingerprint density at radius 3 is 2.50 bits per heavy atom. The number of nitrogens with two attached hydrogens (primary N) is 1. The summed E-state index contributed by atoms with van der Waals surface area (Å²) in [5, 5.41) is 3.73. The summed E-state index contributed by atoms with van der Waals surface area (Å²) < 4.78 is 5.57. The molecule has 1 aliphatic carbocycles. The van der Waals surface area contributed by atoms with E-state index in [1.807, 2.05) is 0 Å². The van der Waals surface area contributed by atoms with Crippen LogP contribution in [0.1, 0.15) is 45.4 Å². The van der Waals surface area contributed by atoms with E-state index < -0.39 is 0 Å². The van der Waals surface area contributed by atoms with E-state index in [-0.39, 0.29) is 5.54 Å². The minimum Gasteiger partial charge on any atom is -0.380 e. The highest BCUT2D eigenvalue weighted by atomic mass is 16.5. The van der Waals surface area contributed by atoms with E-state index >= 15 is 0 Å². The average Bonchev–Trinajstić information content (AvgIpc) is 2.77. The van der Waals surface area contributed by atoms with E-state index in [4.69, 9.17) is 10.5 Å². The van der Waals surface area contributed by atoms with Crippen LogP contribution < -0.4 is 11.1 Å². The number of hydrogen-bond donors (Lipinski definition) is 2. The first-order valence-electron chi connectivity index (χ1n) is 6.71. The van der Waals surface area contributed by atoms with Crippen LogP contribution in [0.2, 0.25) is 0 Å². The van der Waals surface area contributed by atoms with Crippen molar-refractivity contribution in [2.45, 2.75) is 51.0 Å². The van der Waals surface area contributed by atoms with E-state index in [2.05, 4.69) is 12.2 Å². The van der Waals surface area contributed by atoms with Crippen LogP contribution >= 0.6 is 0 Å². The molecule has 1 unspecified atom stereocenters. The second kappa shape index (κ2) is 5.03. The maximum Gasteiger partial charge on any atom is 0.0645 e. The summed E-state index contributed by atoms with van der Waals surface area (Å²) in [4.78, 5) is 0. The highest BCUT2D eigenvalue weighted by Gasteiger charge is 2.35. The van der Waals surface area contributed by atoms with Gasteiger partial charge in [-0.05, 0) is 44.6 Å². The topological polar surface area (TPSA) is 47.3 Å². The fourth-order valence-electron chi connectivity index (χ4n) is 3.05. The Kier molecular flexibility index (Phi) is 3.88. The van der Waals surface area contributed by atoms with Crippen LogP contribution in [-0.4, -0.2) is 31.8 Å². The Bertz CT molecular complexity index is 218. The number of ether oxygens (including phenoxy) is 1. The molecule has 0 aromatic rings. The summed E-state index contributed by atoms with van der Waals surface area (Å²) in [5.41, 5.74) is 6.52. The van der Waals surface area contributed by atoms with Gasteiger partial charge in [-0.15, -0.1) is 0 Å². The molecule has 2 fully saturated rings. The van der Waals surface area contributed by atoms with Crippen molar-refractivity contribution in [3.8, 4) is 0 Å². The molecule has 0 radical (unpaired) electrons. The maximum absolute atomic E-state index is 5.96. The van der Waals surface area contributed by atoms with Gasteiger partial charge < -0.3 is 15.8 Å². The van der Waals surface area contributed by atoms with Crippen molar-refractivity contribution in [3.05, 3.63) is 0 Å². The molecule has 0 spiro atoms. The van der Waals surface area contributed by atoms with Crippen molar-refractivity contribution >= 4 is 0 Å². The van der Waals surface area contributed by atoms with Gasteiger partial charge in [0.15, 0.2) is 0 Å². The molecule has 1 aliphatic heterocycles. The van der Waals surface area contributed by atoms with E-state index in [0.29, 0.717) is 5.41 Å². The van der Waals surface area contributed by atoms with Crippen LogP contribution in [0.15, 0.2) is 0 Å². The van der Waals surface area contributed by atoms with Crippen molar-refractivity contribution in [2.75, 3.05) is 26.3 Å². The molecular weight excluding hydrogens is 200 g/mol. The molecule has 2 aliphatic rings. The van der Waals surface area contributed by atoms with Crippen LogP contribution in [0.25, 0.3) is 0 Å². The third-order valence-electron chi connectivity index (χ3n) is 4.43. The molecule has 3 heteroatoms. The third kappa shape index (κ3) is 2.76. The molecule has 2 rings (SSSR count). The average molecular weight is 226 g/mol. The lowest BCUT2D eigenvalue weighted by atomic mass is 9.84. The Hall–Kier alpha value is -0.120. The SMILES string of the molecule is CC1(NCC2(CN)CCCC2)CCCOC1. The third-order valence-corrected chi connectivity index (χ3v) is 4.43. The first kappa shape index (κ1) is 12.3. The molecule has 94 valence electrons. The van der Waals surface area contributed by atoms with Gasteiger partial charge in [0.05, 0.1) is 6.61 Å². The zero-order valence-electron chi connectivity index (χ0n) is 10.6. The van der Waals surface area contributed by atoms with Crippen LogP contribution in [0.5, 0.6) is 0 Å². The summed E-state index contributed by atoms with van der Waals surface area (Å²) >= 11 is 0. The first-order valence-corrected chi connectivity index (χ1v) is 6.71. The van der Waals surface area contributed by atoms with Crippen molar-refractivity contribution in [2.24, 2.45) is 11.1 Å². The van der Waals surface area contributed by atoms with Crippen molar-refractivity contribution in [1.29, 1.82) is 0 Å². The van der Waals surface area contributed by atoms with Gasteiger partial charge in [0.25, 0.3) is 0 Å². The summed E-state index contributed by atoms with van der Waals surface area (Å²) in [5.74, 6) is 0. The number of nitrogens with one attached hydrogen (secondary N) is 1. The van der Waals surface area contributed by atoms with E-state index in [1.165, 1.54) is 38.5 Å². The molecule has 1 saturated carbocycles. The first-order chi connectivity index (χ1) is 7.68. The summed E-state index contributed by atoms with van der Waals surface area (Å²) in [6.07, 6.45) is 7.71. The van der Waals surface area contributed by atoms with Gasteiger partial charge in [-0.3, -0.25) is 0 Å². The second-order valence-corrected chi connectivity index (χ2v) is 5.98. The Balaban J connectivity index is 1.85. The predicted molar refractivity (Wildman–Crippen MR) is 66.4 cm³/mol. The normalized spacial score (nSPS) is 34.1. The van der Waals surface area contributed by atoms with Crippen LogP contribution in [-0.2, 0) is 4.74 Å². The van der Waals surface area contributed by atoms with Gasteiger partial charge in [-0.2, -0.15) is 0 Å². The summed E-state index contributed by atoms with van der Waals surface area (Å²) in [6, 6.07) is 0. The minimum absolute atomic E-state index is 0.184. The van der Waals surface area contributed by atoms with E-state index in [0.717, 1.165) is 26.3 Å². The minimum atomic E-state index is 0.184. The van der Waals surface area contributed by atoms with Crippen molar-refractivity contribution < 1.29 is 4.74 Å². The monoisotopic (exact) mass is 226 g/mol. The maximum atomic E-state index is 5.96. The van der Waals surface area contributed by atoms with Gasteiger partial charge >= 0.3 is 0 Å². The molecule has 1 heterocycles. The molecule has 3 nitrogen and oxygen atoms in total. The highest BCUT2D eigenvalue weighted by Crippen LogP contribution is 2.37. The van der Waals surface area contributed by atoms with Crippen LogP contribution in [0.3, 0.4) is 0 Å². The molecule has 0 amide bonds. The highest BCUT2D eigenvalue weighted by molar-refractivity contribution is 4.92. The number of rotatable bonds is 4. The van der Waals surface area contributed by atoms with Gasteiger partial charge in [0, 0.05) is 18.7 Å². The van der Waals surface area contributed by atoms with Gasteiger partial charge in [0.1, 0.15) is 0 Å². The van der Waals surface area contributed by atoms with E-state index in [9.17, 15) is 0 Å². The molecule has 0 aromatic heterocycles. The van der Waals surface area contributed by atoms with Gasteiger partial charge in [0.2, 0.25) is 0 Å². The second-order valence-electron chi connectivity index (χ2n) is 5.98. The predicted octanol–water partition coefficient (Wildman–Crippen LogP) is 1.66. The smallest absolute Gasteiger partial charge is 0.0645 e. The Morgan fingerprint density at radius 2 is 1.94 bits per heavy atom. The van der Waals surface area contributed by atoms with Crippen molar-refractivity contribution in [3.63, 3.8) is 0 Å². The fraction of sp³-hybridized carbons (Fsp3) is 1.00. The Labute approximate surface area is 99.1 Å². The zero-order chi connectivity index (χ0) is 11.5. The lowest BCUT2D eigenvalue weighted by molar-refractivity contribution is 0.0233. The summed E-state index contributed by atoms with van der Waals surface area (Å²) in [6.45, 7) is 5.97. The van der Waals surface area contributed by atoms with E-state index in [1.54, 1.807) is 0 Å².